The molecule has 2 heterocycles. The molecule has 2 aromatic rings. The number of likely N-dealkylation sites (tertiary alicyclic amines) is 1. The molecule has 1 fully saturated rings. The molecule has 3 rings (SSSR count). The predicted octanol–water partition coefficient (Wildman–Crippen LogP) is 2.63. The highest BCUT2D eigenvalue weighted by Crippen LogP contribution is 2.22. The van der Waals surface area contributed by atoms with E-state index in [1.807, 2.05) is 11.0 Å². The first kappa shape index (κ1) is 17.0. The fourth-order valence-corrected chi connectivity index (χ4v) is 3.72. The van der Waals surface area contributed by atoms with Crippen LogP contribution in [0.25, 0.3) is 5.69 Å². The Kier molecular flexibility index (Phi) is 5.18. The Morgan fingerprint density at radius 1 is 1.33 bits per heavy atom. The van der Waals surface area contributed by atoms with E-state index in [2.05, 4.69) is 48.4 Å². The Morgan fingerprint density at radius 2 is 2.17 bits per heavy atom. The highest BCUT2D eigenvalue weighted by molar-refractivity contribution is 7.99. The first-order chi connectivity index (χ1) is 11.5. The minimum atomic E-state index is 0.168. The van der Waals surface area contributed by atoms with Crippen LogP contribution in [0.4, 0.5) is 0 Å². The highest BCUT2D eigenvalue weighted by Gasteiger charge is 2.21. The van der Waals surface area contributed by atoms with Gasteiger partial charge in [0.2, 0.25) is 11.1 Å². The summed E-state index contributed by atoms with van der Waals surface area (Å²) in [6.07, 6.45) is 2.31. The molecule has 0 unspecified atom stereocenters. The average molecular weight is 345 g/mol. The molecular formula is C17H23N5OS. The van der Waals surface area contributed by atoms with E-state index in [0.29, 0.717) is 16.8 Å². The molecule has 1 aliphatic rings. The molecule has 24 heavy (non-hydrogen) atoms. The maximum absolute atomic E-state index is 12.4. The topological polar surface area (TPSA) is 63.9 Å². The van der Waals surface area contributed by atoms with Gasteiger partial charge in [0, 0.05) is 13.1 Å². The predicted molar refractivity (Wildman–Crippen MR) is 94.3 cm³/mol. The first-order valence-corrected chi connectivity index (χ1v) is 9.29. The van der Waals surface area contributed by atoms with Crippen molar-refractivity contribution in [2.75, 3.05) is 18.8 Å². The Bertz CT molecular complexity index is 730. The molecule has 6 nitrogen and oxygen atoms in total. The van der Waals surface area contributed by atoms with Crippen molar-refractivity contribution < 1.29 is 4.79 Å². The summed E-state index contributed by atoms with van der Waals surface area (Å²) in [7, 11) is 0. The van der Waals surface area contributed by atoms with Crippen molar-refractivity contribution in [1.82, 2.24) is 25.1 Å². The number of benzene rings is 1. The summed E-state index contributed by atoms with van der Waals surface area (Å²) in [6.45, 7) is 8.07. The Hall–Kier alpha value is -1.89. The monoisotopic (exact) mass is 345 g/mol. The van der Waals surface area contributed by atoms with Gasteiger partial charge in [-0.15, -0.1) is 5.10 Å². The molecule has 1 aromatic carbocycles. The number of carbonyl (C=O) groups excluding carboxylic acids is 1. The number of rotatable bonds is 4. The van der Waals surface area contributed by atoms with Gasteiger partial charge in [0.15, 0.2) is 0 Å². The van der Waals surface area contributed by atoms with E-state index in [9.17, 15) is 4.79 Å². The molecular weight excluding hydrogens is 322 g/mol. The van der Waals surface area contributed by atoms with Crippen molar-refractivity contribution in [3.8, 4) is 5.69 Å². The van der Waals surface area contributed by atoms with Crippen LogP contribution in [0, 0.1) is 19.8 Å². The number of nitrogens with zero attached hydrogens (tertiary/aromatic N) is 5. The van der Waals surface area contributed by atoms with Crippen molar-refractivity contribution in [2.45, 2.75) is 38.8 Å². The molecule has 0 saturated carbocycles. The zero-order chi connectivity index (χ0) is 17.1. The zero-order valence-corrected chi connectivity index (χ0v) is 15.2. The van der Waals surface area contributed by atoms with E-state index in [-0.39, 0.29) is 5.91 Å². The third kappa shape index (κ3) is 3.77. The maximum Gasteiger partial charge on any atom is 0.233 e. The largest absolute Gasteiger partial charge is 0.342 e. The summed E-state index contributed by atoms with van der Waals surface area (Å²) < 4.78 is 1.70. The van der Waals surface area contributed by atoms with Crippen molar-refractivity contribution in [3.05, 3.63) is 29.3 Å². The van der Waals surface area contributed by atoms with Crippen molar-refractivity contribution >= 4 is 17.7 Å². The molecule has 1 amide bonds. The van der Waals surface area contributed by atoms with Crippen LogP contribution < -0.4 is 0 Å². The van der Waals surface area contributed by atoms with Gasteiger partial charge < -0.3 is 4.90 Å². The summed E-state index contributed by atoms with van der Waals surface area (Å²) in [5.41, 5.74) is 3.34. The molecule has 1 aliphatic heterocycles. The second-order valence-electron chi connectivity index (χ2n) is 6.52. The van der Waals surface area contributed by atoms with Gasteiger partial charge in [0.1, 0.15) is 0 Å². The second kappa shape index (κ2) is 7.34. The fourth-order valence-electron chi connectivity index (χ4n) is 2.92. The second-order valence-corrected chi connectivity index (χ2v) is 7.46. The normalized spacial score (nSPS) is 18.0. The number of amides is 1. The molecule has 0 N–H and O–H groups in total. The van der Waals surface area contributed by atoms with Crippen LogP contribution in [0.1, 0.15) is 30.9 Å². The van der Waals surface area contributed by atoms with E-state index in [1.165, 1.54) is 29.3 Å². The molecule has 0 bridgehead atoms. The minimum Gasteiger partial charge on any atom is -0.342 e. The van der Waals surface area contributed by atoms with E-state index in [0.717, 1.165) is 25.2 Å². The number of hydrogen-bond acceptors (Lipinski definition) is 5. The maximum atomic E-state index is 12.4. The highest BCUT2D eigenvalue weighted by atomic mass is 32.2. The lowest BCUT2D eigenvalue weighted by Gasteiger charge is -2.30. The summed E-state index contributed by atoms with van der Waals surface area (Å²) in [5, 5.41) is 12.6. The summed E-state index contributed by atoms with van der Waals surface area (Å²) in [5.74, 6) is 1.13. The summed E-state index contributed by atoms with van der Waals surface area (Å²) >= 11 is 1.40. The van der Waals surface area contributed by atoms with Crippen LogP contribution >= 0.6 is 11.8 Å². The summed E-state index contributed by atoms with van der Waals surface area (Å²) in [6, 6.07) is 6.11. The SMILES string of the molecule is Cc1ccc(-n2nnnc2SCC(=O)N2CCC[C@@H](C)C2)cc1C. The van der Waals surface area contributed by atoms with Crippen LogP contribution in [0.3, 0.4) is 0 Å². The van der Waals surface area contributed by atoms with Gasteiger partial charge in [-0.25, -0.2) is 0 Å². The van der Waals surface area contributed by atoms with Gasteiger partial charge in [0.25, 0.3) is 0 Å². The van der Waals surface area contributed by atoms with E-state index in [4.69, 9.17) is 0 Å². The van der Waals surface area contributed by atoms with Gasteiger partial charge >= 0.3 is 0 Å². The van der Waals surface area contributed by atoms with Crippen LogP contribution in [0.2, 0.25) is 0 Å². The molecule has 128 valence electrons. The number of thioether (sulfide) groups is 1. The lowest BCUT2D eigenvalue weighted by molar-refractivity contribution is -0.130. The standard InChI is InChI=1S/C17H23N5OS/c1-12-5-4-8-21(10-12)16(23)11-24-17-18-19-20-22(17)15-7-6-13(2)14(3)9-15/h6-7,9,12H,4-5,8,10-11H2,1-3H3/t12-/m1/s1. The third-order valence-electron chi connectivity index (χ3n) is 4.51. The molecule has 7 heteroatoms. The average Bonchev–Trinajstić information content (AvgIpc) is 3.03. The van der Waals surface area contributed by atoms with E-state index in [1.54, 1.807) is 4.68 Å². The number of aromatic nitrogens is 4. The van der Waals surface area contributed by atoms with Crippen molar-refractivity contribution in [3.63, 3.8) is 0 Å². The Morgan fingerprint density at radius 3 is 2.92 bits per heavy atom. The zero-order valence-electron chi connectivity index (χ0n) is 14.4. The molecule has 0 spiro atoms. The lowest BCUT2D eigenvalue weighted by atomic mass is 10.0. The smallest absolute Gasteiger partial charge is 0.233 e. The van der Waals surface area contributed by atoms with Gasteiger partial charge in [-0.05, 0) is 66.3 Å². The molecule has 0 radical (unpaired) electrons. The van der Waals surface area contributed by atoms with Gasteiger partial charge in [-0.3, -0.25) is 4.79 Å². The van der Waals surface area contributed by atoms with Crippen LogP contribution in [-0.2, 0) is 4.79 Å². The number of piperidine rings is 1. The first-order valence-electron chi connectivity index (χ1n) is 8.31. The van der Waals surface area contributed by atoms with Crippen LogP contribution in [0.15, 0.2) is 23.4 Å². The number of aryl methyl sites for hydroxylation is 2. The number of tetrazole rings is 1. The quantitative estimate of drug-likeness (QED) is 0.797. The van der Waals surface area contributed by atoms with E-state index < -0.39 is 0 Å². The van der Waals surface area contributed by atoms with Gasteiger partial charge in [-0.1, -0.05) is 24.8 Å². The van der Waals surface area contributed by atoms with Gasteiger partial charge in [0.05, 0.1) is 11.4 Å². The number of carbonyl (C=O) groups is 1. The Balaban J connectivity index is 1.67. The van der Waals surface area contributed by atoms with E-state index >= 15 is 0 Å². The fraction of sp³-hybridized carbons (Fsp3) is 0.529. The third-order valence-corrected chi connectivity index (χ3v) is 5.41. The van der Waals surface area contributed by atoms with Crippen LogP contribution in [-0.4, -0.2) is 49.9 Å². The van der Waals surface area contributed by atoms with Gasteiger partial charge in [-0.2, -0.15) is 4.68 Å². The van der Waals surface area contributed by atoms with Crippen molar-refractivity contribution in [1.29, 1.82) is 0 Å². The number of hydrogen-bond donors (Lipinski definition) is 0. The molecule has 1 atom stereocenters. The molecule has 0 aliphatic carbocycles. The van der Waals surface area contributed by atoms with Crippen LogP contribution in [0.5, 0.6) is 0 Å². The molecule has 1 aromatic heterocycles. The molecule has 1 saturated heterocycles. The van der Waals surface area contributed by atoms with Crippen molar-refractivity contribution in [2.24, 2.45) is 5.92 Å². The summed E-state index contributed by atoms with van der Waals surface area (Å²) in [4.78, 5) is 14.4. The Labute approximate surface area is 146 Å². The minimum absolute atomic E-state index is 0.168. The lowest BCUT2D eigenvalue weighted by Crippen LogP contribution is -2.40.